The Labute approximate surface area is 147 Å². The summed E-state index contributed by atoms with van der Waals surface area (Å²) in [7, 11) is 0. The zero-order chi connectivity index (χ0) is 17.9. The first-order valence-electron chi connectivity index (χ1n) is 7.78. The van der Waals surface area contributed by atoms with Crippen molar-refractivity contribution in [1.29, 1.82) is 0 Å². The maximum atomic E-state index is 13.4. The lowest BCUT2D eigenvalue weighted by atomic mass is 10.2. The lowest BCUT2D eigenvalue weighted by Crippen LogP contribution is -2.15. The Bertz CT molecular complexity index is 1060. The van der Waals surface area contributed by atoms with Crippen LogP contribution in [0.3, 0.4) is 0 Å². The van der Waals surface area contributed by atoms with Crippen LogP contribution in [-0.4, -0.2) is 30.5 Å². The van der Waals surface area contributed by atoms with Crippen molar-refractivity contribution in [2.24, 2.45) is 0 Å². The normalized spacial score (nSPS) is 10.7. The van der Waals surface area contributed by atoms with Crippen molar-refractivity contribution < 1.29 is 9.18 Å². The van der Waals surface area contributed by atoms with Gasteiger partial charge in [0.2, 0.25) is 0 Å². The maximum absolute atomic E-state index is 13.4. The van der Waals surface area contributed by atoms with Gasteiger partial charge in [0, 0.05) is 6.20 Å². The van der Waals surface area contributed by atoms with Gasteiger partial charge in [0.25, 0.3) is 5.91 Å². The number of benzene rings is 2. The Morgan fingerprint density at radius 3 is 2.73 bits per heavy atom. The van der Waals surface area contributed by atoms with E-state index in [1.807, 2.05) is 12.1 Å². The lowest BCUT2D eigenvalue weighted by molar-refractivity contribution is 0.102. The first-order chi connectivity index (χ1) is 12.7. The highest BCUT2D eigenvalue weighted by molar-refractivity contribution is 6.03. The van der Waals surface area contributed by atoms with Crippen LogP contribution in [0.15, 0.2) is 73.4 Å². The van der Waals surface area contributed by atoms with Gasteiger partial charge in [0.15, 0.2) is 5.69 Å². The van der Waals surface area contributed by atoms with Gasteiger partial charge < -0.3 is 5.32 Å². The van der Waals surface area contributed by atoms with Gasteiger partial charge in [-0.25, -0.2) is 18.7 Å². The van der Waals surface area contributed by atoms with E-state index < -0.39 is 0 Å². The minimum absolute atomic E-state index is 0.211. The van der Waals surface area contributed by atoms with Gasteiger partial charge in [0.1, 0.15) is 18.5 Å². The molecule has 128 valence electrons. The number of amides is 1. The molecule has 8 heteroatoms. The molecule has 0 atom stereocenters. The first-order valence-corrected chi connectivity index (χ1v) is 7.78. The average Bonchev–Trinajstić information content (AvgIpc) is 3.34. The minimum atomic E-state index is -0.382. The molecule has 0 spiro atoms. The van der Waals surface area contributed by atoms with Crippen molar-refractivity contribution in [3.63, 3.8) is 0 Å². The molecule has 0 aliphatic heterocycles. The van der Waals surface area contributed by atoms with Gasteiger partial charge in [-0.2, -0.15) is 10.2 Å². The van der Waals surface area contributed by atoms with Gasteiger partial charge in [0.05, 0.1) is 17.1 Å². The number of aromatic nitrogens is 5. The van der Waals surface area contributed by atoms with Crippen molar-refractivity contribution in [2.45, 2.75) is 0 Å². The lowest BCUT2D eigenvalue weighted by Gasteiger charge is -2.09. The summed E-state index contributed by atoms with van der Waals surface area (Å²) in [5.74, 6) is -0.751. The summed E-state index contributed by atoms with van der Waals surface area (Å²) in [6.07, 6.45) is 4.57. The molecule has 2 aromatic carbocycles. The summed E-state index contributed by atoms with van der Waals surface area (Å²) in [5.41, 5.74) is 2.00. The number of nitrogens with zero attached hydrogens (tertiary/aromatic N) is 5. The number of carbonyl (C=O) groups excluding carboxylic acids is 1. The number of hydrogen-bond acceptors (Lipinski definition) is 4. The van der Waals surface area contributed by atoms with Crippen LogP contribution in [0, 0.1) is 5.82 Å². The smallest absolute Gasteiger partial charge is 0.276 e. The number of rotatable bonds is 4. The number of anilines is 1. The van der Waals surface area contributed by atoms with Crippen LogP contribution in [0.25, 0.3) is 11.4 Å². The fourth-order valence-electron chi connectivity index (χ4n) is 2.51. The number of carbonyl (C=O) groups is 1. The van der Waals surface area contributed by atoms with Gasteiger partial charge >= 0.3 is 0 Å². The molecule has 0 fully saturated rings. The molecule has 0 aliphatic rings. The van der Waals surface area contributed by atoms with E-state index in [1.165, 1.54) is 23.1 Å². The quantitative estimate of drug-likeness (QED) is 0.615. The molecular formula is C18H13FN6O. The van der Waals surface area contributed by atoms with Crippen LogP contribution >= 0.6 is 0 Å². The second-order valence-electron chi connectivity index (χ2n) is 5.44. The third kappa shape index (κ3) is 3.07. The summed E-state index contributed by atoms with van der Waals surface area (Å²) < 4.78 is 16.4. The molecule has 26 heavy (non-hydrogen) atoms. The molecule has 4 aromatic rings. The van der Waals surface area contributed by atoms with Crippen LogP contribution in [0.1, 0.15) is 10.5 Å². The Balaban J connectivity index is 1.59. The summed E-state index contributed by atoms with van der Waals surface area (Å²) in [6.45, 7) is 0. The van der Waals surface area contributed by atoms with E-state index in [9.17, 15) is 9.18 Å². The van der Waals surface area contributed by atoms with Gasteiger partial charge in [-0.3, -0.25) is 4.79 Å². The molecule has 0 saturated heterocycles. The second kappa shape index (κ2) is 6.60. The highest BCUT2D eigenvalue weighted by atomic mass is 19.1. The molecule has 1 amide bonds. The Morgan fingerprint density at radius 1 is 1.04 bits per heavy atom. The SMILES string of the molecule is O=C(Nc1ccccc1-n1cncn1)c1ccn(-c2cccc(F)c2)n1. The highest BCUT2D eigenvalue weighted by Gasteiger charge is 2.13. The third-order valence-corrected chi connectivity index (χ3v) is 3.71. The number of para-hydroxylation sites is 2. The maximum Gasteiger partial charge on any atom is 0.276 e. The van der Waals surface area contributed by atoms with E-state index in [4.69, 9.17) is 0 Å². The number of nitrogens with one attached hydrogen (secondary N) is 1. The summed E-state index contributed by atoms with van der Waals surface area (Å²) in [5, 5.41) is 11.1. The monoisotopic (exact) mass is 348 g/mol. The largest absolute Gasteiger partial charge is 0.319 e. The molecule has 0 radical (unpaired) electrons. The van der Waals surface area contributed by atoms with E-state index in [0.29, 0.717) is 17.1 Å². The fourth-order valence-corrected chi connectivity index (χ4v) is 2.51. The Kier molecular flexibility index (Phi) is 3.98. The molecule has 7 nitrogen and oxygen atoms in total. The summed E-state index contributed by atoms with van der Waals surface area (Å²) in [6, 6.07) is 14.8. The predicted molar refractivity (Wildman–Crippen MR) is 92.8 cm³/mol. The molecule has 1 N–H and O–H groups in total. The molecule has 2 heterocycles. The van der Waals surface area contributed by atoms with E-state index in [1.54, 1.807) is 47.5 Å². The average molecular weight is 348 g/mol. The van der Waals surface area contributed by atoms with E-state index >= 15 is 0 Å². The summed E-state index contributed by atoms with van der Waals surface area (Å²) in [4.78, 5) is 16.5. The molecule has 0 saturated carbocycles. The van der Waals surface area contributed by atoms with E-state index in [-0.39, 0.29) is 17.4 Å². The topological polar surface area (TPSA) is 77.6 Å². The molecule has 0 unspecified atom stereocenters. The van der Waals surface area contributed by atoms with E-state index in [0.717, 1.165) is 0 Å². The van der Waals surface area contributed by atoms with Crippen molar-refractivity contribution in [3.05, 3.63) is 85.0 Å². The van der Waals surface area contributed by atoms with Crippen LogP contribution in [0.4, 0.5) is 10.1 Å². The third-order valence-electron chi connectivity index (χ3n) is 3.71. The molecule has 0 aliphatic carbocycles. The van der Waals surface area contributed by atoms with Crippen LogP contribution in [0.5, 0.6) is 0 Å². The van der Waals surface area contributed by atoms with Crippen LogP contribution in [0.2, 0.25) is 0 Å². The molecular weight excluding hydrogens is 335 g/mol. The van der Waals surface area contributed by atoms with Crippen molar-refractivity contribution >= 4 is 11.6 Å². The van der Waals surface area contributed by atoms with Crippen LogP contribution in [-0.2, 0) is 0 Å². The van der Waals surface area contributed by atoms with E-state index in [2.05, 4.69) is 20.5 Å². The molecule has 2 aromatic heterocycles. The molecule has 0 bridgehead atoms. The zero-order valence-electron chi connectivity index (χ0n) is 13.5. The standard InChI is InChI=1S/C18H13FN6O/c19-13-4-3-5-14(10-13)24-9-8-16(23-24)18(26)22-15-6-1-2-7-17(15)25-12-20-11-21-25/h1-12H,(H,22,26). The zero-order valence-corrected chi connectivity index (χ0v) is 13.5. The summed E-state index contributed by atoms with van der Waals surface area (Å²) >= 11 is 0. The first kappa shape index (κ1) is 15.7. The molecule has 4 rings (SSSR count). The fraction of sp³-hybridized carbons (Fsp3) is 0. The van der Waals surface area contributed by atoms with Gasteiger partial charge in [-0.05, 0) is 36.4 Å². The predicted octanol–water partition coefficient (Wildman–Crippen LogP) is 2.84. The van der Waals surface area contributed by atoms with Crippen molar-refractivity contribution in [1.82, 2.24) is 24.5 Å². The van der Waals surface area contributed by atoms with Crippen LogP contribution < -0.4 is 5.32 Å². The van der Waals surface area contributed by atoms with Crippen molar-refractivity contribution in [2.75, 3.05) is 5.32 Å². The number of halogens is 1. The Morgan fingerprint density at radius 2 is 1.92 bits per heavy atom. The second-order valence-corrected chi connectivity index (χ2v) is 5.44. The minimum Gasteiger partial charge on any atom is -0.319 e. The van der Waals surface area contributed by atoms with Crippen molar-refractivity contribution in [3.8, 4) is 11.4 Å². The Hall–Kier alpha value is -3.81. The van der Waals surface area contributed by atoms with Gasteiger partial charge in [-0.1, -0.05) is 18.2 Å². The number of hydrogen-bond donors (Lipinski definition) is 1. The van der Waals surface area contributed by atoms with Gasteiger partial charge in [-0.15, -0.1) is 0 Å². The highest BCUT2D eigenvalue weighted by Crippen LogP contribution is 2.19.